The third kappa shape index (κ3) is 3.76. The van der Waals surface area contributed by atoms with Gasteiger partial charge in [-0.3, -0.25) is 10.1 Å². The largest absolute Gasteiger partial charge is 0.497 e. The van der Waals surface area contributed by atoms with E-state index < -0.39 is 0 Å². The fourth-order valence-corrected chi connectivity index (χ4v) is 3.44. The number of carbonyl (C=O) groups is 1. The Morgan fingerprint density at radius 2 is 2.27 bits per heavy atom. The standard InChI is InChI=1S/C14H15N3O3S2/c1-19-9-4-6-10(7-5-9)21-14-16-13(22-17-14)15-12(18)11-3-2-8-20-11/h4-7,11H,2-3,8H2,1H3,(H,15,16,17,18)/t11-/m0/s1. The number of hydrogen-bond donors (Lipinski definition) is 1. The average Bonchev–Trinajstić information content (AvgIpc) is 3.20. The van der Waals surface area contributed by atoms with E-state index in [-0.39, 0.29) is 12.0 Å². The van der Waals surface area contributed by atoms with E-state index in [0.717, 1.165) is 23.5 Å². The molecule has 0 radical (unpaired) electrons. The first-order valence-corrected chi connectivity index (χ1v) is 8.41. The number of benzene rings is 1. The number of amides is 1. The molecule has 2 heterocycles. The number of hydrogen-bond acceptors (Lipinski definition) is 7. The maximum absolute atomic E-state index is 11.9. The molecule has 1 aliphatic rings. The van der Waals surface area contributed by atoms with Crippen LogP contribution in [-0.2, 0) is 9.53 Å². The van der Waals surface area contributed by atoms with Gasteiger partial charge in [-0.05, 0) is 48.9 Å². The molecule has 1 aromatic carbocycles. The quantitative estimate of drug-likeness (QED) is 0.904. The summed E-state index contributed by atoms with van der Waals surface area (Å²) >= 11 is 2.61. The minimum absolute atomic E-state index is 0.144. The zero-order chi connectivity index (χ0) is 15.4. The van der Waals surface area contributed by atoms with Crippen molar-refractivity contribution >= 4 is 34.3 Å². The van der Waals surface area contributed by atoms with Crippen LogP contribution in [0.1, 0.15) is 12.8 Å². The highest BCUT2D eigenvalue weighted by atomic mass is 32.2. The predicted octanol–water partition coefficient (Wildman–Crippen LogP) is 2.82. The van der Waals surface area contributed by atoms with Gasteiger partial charge in [-0.2, -0.15) is 9.36 Å². The zero-order valence-electron chi connectivity index (χ0n) is 11.9. The van der Waals surface area contributed by atoms with E-state index in [4.69, 9.17) is 9.47 Å². The first kappa shape index (κ1) is 15.3. The average molecular weight is 337 g/mol. The number of anilines is 1. The molecular formula is C14H15N3O3S2. The summed E-state index contributed by atoms with van der Waals surface area (Å²) in [7, 11) is 1.63. The number of rotatable bonds is 5. The zero-order valence-corrected chi connectivity index (χ0v) is 13.6. The molecule has 1 amide bonds. The van der Waals surface area contributed by atoms with Gasteiger partial charge in [0.05, 0.1) is 7.11 Å². The number of nitrogens with zero attached hydrogens (tertiary/aromatic N) is 2. The molecule has 1 saturated heterocycles. The molecule has 2 aromatic rings. The fraction of sp³-hybridized carbons (Fsp3) is 0.357. The topological polar surface area (TPSA) is 73.3 Å². The fourth-order valence-electron chi connectivity index (χ4n) is 2.02. The summed E-state index contributed by atoms with van der Waals surface area (Å²) in [4.78, 5) is 17.3. The molecule has 22 heavy (non-hydrogen) atoms. The molecule has 6 nitrogen and oxygen atoms in total. The van der Waals surface area contributed by atoms with E-state index >= 15 is 0 Å². The van der Waals surface area contributed by atoms with Crippen molar-refractivity contribution in [1.29, 1.82) is 0 Å². The third-order valence-corrected chi connectivity index (χ3v) is 4.75. The summed E-state index contributed by atoms with van der Waals surface area (Å²) in [5, 5.41) is 3.86. The maximum atomic E-state index is 11.9. The minimum Gasteiger partial charge on any atom is -0.497 e. The minimum atomic E-state index is -0.360. The van der Waals surface area contributed by atoms with Gasteiger partial charge in [-0.15, -0.1) is 0 Å². The van der Waals surface area contributed by atoms with Crippen LogP contribution in [0.2, 0.25) is 0 Å². The molecule has 8 heteroatoms. The van der Waals surface area contributed by atoms with Crippen molar-refractivity contribution in [3.8, 4) is 5.75 Å². The molecule has 1 fully saturated rings. The number of nitrogens with one attached hydrogen (secondary N) is 1. The van der Waals surface area contributed by atoms with Crippen molar-refractivity contribution in [2.75, 3.05) is 19.0 Å². The van der Waals surface area contributed by atoms with Crippen molar-refractivity contribution in [3.05, 3.63) is 24.3 Å². The molecule has 0 aliphatic carbocycles. The monoisotopic (exact) mass is 337 g/mol. The van der Waals surface area contributed by atoms with Crippen molar-refractivity contribution in [2.24, 2.45) is 0 Å². The Balaban J connectivity index is 1.59. The van der Waals surface area contributed by atoms with E-state index in [9.17, 15) is 4.79 Å². The van der Waals surface area contributed by atoms with Gasteiger partial charge in [0.15, 0.2) is 0 Å². The number of aromatic nitrogens is 2. The van der Waals surface area contributed by atoms with Gasteiger partial charge in [-0.1, -0.05) is 0 Å². The van der Waals surface area contributed by atoms with Gasteiger partial charge in [-0.25, -0.2) is 0 Å². The van der Waals surface area contributed by atoms with Gasteiger partial charge in [0, 0.05) is 23.0 Å². The summed E-state index contributed by atoms with van der Waals surface area (Å²) in [5.74, 6) is 0.662. The lowest BCUT2D eigenvalue weighted by atomic mass is 10.2. The number of carbonyl (C=O) groups excluding carboxylic acids is 1. The molecular weight excluding hydrogens is 322 g/mol. The van der Waals surface area contributed by atoms with E-state index in [1.54, 1.807) is 7.11 Å². The lowest BCUT2D eigenvalue weighted by molar-refractivity contribution is -0.124. The van der Waals surface area contributed by atoms with Crippen LogP contribution in [0.4, 0.5) is 5.13 Å². The second kappa shape index (κ2) is 7.08. The van der Waals surface area contributed by atoms with E-state index in [1.165, 1.54) is 23.3 Å². The van der Waals surface area contributed by atoms with Crippen LogP contribution in [0.3, 0.4) is 0 Å². The predicted molar refractivity (Wildman–Crippen MR) is 84.6 cm³/mol. The molecule has 1 N–H and O–H groups in total. The Kier molecular flexibility index (Phi) is 4.91. The normalized spacial score (nSPS) is 17.4. The Bertz CT molecular complexity index is 639. The van der Waals surface area contributed by atoms with E-state index in [2.05, 4.69) is 14.7 Å². The lowest BCUT2D eigenvalue weighted by Crippen LogP contribution is -2.26. The first-order chi connectivity index (χ1) is 10.7. The number of methoxy groups -OCH3 is 1. The summed E-state index contributed by atoms with van der Waals surface area (Å²) < 4.78 is 14.7. The van der Waals surface area contributed by atoms with Crippen LogP contribution >= 0.6 is 23.3 Å². The van der Waals surface area contributed by atoms with E-state index in [1.807, 2.05) is 24.3 Å². The van der Waals surface area contributed by atoms with Crippen LogP contribution in [0.5, 0.6) is 5.75 Å². The second-order valence-electron chi connectivity index (χ2n) is 4.65. The molecule has 3 rings (SSSR count). The second-order valence-corrected chi connectivity index (χ2v) is 6.44. The molecule has 1 aromatic heterocycles. The highest BCUT2D eigenvalue weighted by molar-refractivity contribution is 7.99. The first-order valence-electron chi connectivity index (χ1n) is 6.82. The van der Waals surface area contributed by atoms with E-state index in [0.29, 0.717) is 16.9 Å². The molecule has 116 valence electrons. The summed E-state index contributed by atoms with van der Waals surface area (Å²) in [6.07, 6.45) is 1.33. The van der Waals surface area contributed by atoms with Crippen LogP contribution in [0.25, 0.3) is 0 Å². The summed E-state index contributed by atoms with van der Waals surface area (Å²) in [5.41, 5.74) is 0. The van der Waals surface area contributed by atoms with Crippen molar-refractivity contribution in [1.82, 2.24) is 9.36 Å². The number of ether oxygens (including phenoxy) is 2. The smallest absolute Gasteiger partial charge is 0.255 e. The van der Waals surface area contributed by atoms with Crippen LogP contribution in [0.15, 0.2) is 34.3 Å². The van der Waals surface area contributed by atoms with Crippen molar-refractivity contribution in [3.63, 3.8) is 0 Å². The van der Waals surface area contributed by atoms with Gasteiger partial charge in [0.1, 0.15) is 11.9 Å². The van der Waals surface area contributed by atoms with Crippen LogP contribution in [0, 0.1) is 0 Å². The Labute approximate surface area is 136 Å². The Hall–Kier alpha value is -1.64. The third-order valence-electron chi connectivity index (χ3n) is 3.13. The molecule has 0 spiro atoms. The highest BCUT2D eigenvalue weighted by Crippen LogP contribution is 2.29. The Morgan fingerprint density at radius 3 is 2.95 bits per heavy atom. The molecule has 1 atom stereocenters. The van der Waals surface area contributed by atoms with Crippen molar-refractivity contribution in [2.45, 2.75) is 29.0 Å². The maximum Gasteiger partial charge on any atom is 0.255 e. The highest BCUT2D eigenvalue weighted by Gasteiger charge is 2.24. The van der Waals surface area contributed by atoms with Crippen LogP contribution < -0.4 is 10.1 Å². The van der Waals surface area contributed by atoms with Gasteiger partial charge >= 0.3 is 0 Å². The van der Waals surface area contributed by atoms with Gasteiger partial charge in [0.25, 0.3) is 5.91 Å². The molecule has 0 bridgehead atoms. The van der Waals surface area contributed by atoms with Gasteiger partial charge in [0.2, 0.25) is 10.3 Å². The van der Waals surface area contributed by atoms with Crippen LogP contribution in [-0.4, -0.2) is 35.1 Å². The van der Waals surface area contributed by atoms with Gasteiger partial charge < -0.3 is 9.47 Å². The van der Waals surface area contributed by atoms with Crippen molar-refractivity contribution < 1.29 is 14.3 Å². The lowest BCUT2D eigenvalue weighted by Gasteiger charge is -2.07. The summed E-state index contributed by atoms with van der Waals surface area (Å²) in [6.45, 7) is 0.646. The summed E-state index contributed by atoms with van der Waals surface area (Å²) in [6, 6.07) is 7.65. The Morgan fingerprint density at radius 1 is 1.45 bits per heavy atom. The molecule has 0 saturated carbocycles. The molecule has 0 unspecified atom stereocenters. The SMILES string of the molecule is COc1ccc(Sc2nsc(NC(=O)[C@@H]3CCCO3)n2)cc1. The molecule has 1 aliphatic heterocycles.